The highest BCUT2D eigenvalue weighted by Crippen LogP contribution is 2.61. The summed E-state index contributed by atoms with van der Waals surface area (Å²) in [5.74, 6) is 2.63. The molecular formula is C24H28N4O. The van der Waals surface area contributed by atoms with Gasteiger partial charge in [-0.1, -0.05) is 18.2 Å². The lowest BCUT2D eigenvalue weighted by Crippen LogP contribution is -2.47. The number of benzene rings is 1. The zero-order chi connectivity index (χ0) is 19.8. The van der Waals surface area contributed by atoms with Crippen LogP contribution in [0.4, 0.5) is 0 Å². The van der Waals surface area contributed by atoms with Crippen LogP contribution in [0.1, 0.15) is 56.9 Å². The van der Waals surface area contributed by atoms with Gasteiger partial charge in [0.1, 0.15) is 0 Å². The summed E-state index contributed by atoms with van der Waals surface area (Å²) in [4.78, 5) is 12.7. The van der Waals surface area contributed by atoms with Gasteiger partial charge in [0, 0.05) is 35.6 Å². The summed E-state index contributed by atoms with van der Waals surface area (Å²) >= 11 is 0. The van der Waals surface area contributed by atoms with Crippen molar-refractivity contribution in [3.8, 4) is 6.07 Å². The standard InChI is InChI=1S/C24H28N4O/c25-6-3-7-28-16-20(21-4-1-2-5-22(21)28)15-26-27-23(29)14-24-11-17-8-18(12-24)10-19(9-17)13-24/h1-2,4-5,15-19H,3,7-14H2,(H,27,29)/b26-15-. The zero-order valence-electron chi connectivity index (χ0n) is 16.8. The number of nitrogens with one attached hydrogen (secondary N) is 1. The molecule has 4 bridgehead atoms. The van der Waals surface area contributed by atoms with E-state index in [1.807, 2.05) is 18.3 Å². The van der Waals surface area contributed by atoms with E-state index in [-0.39, 0.29) is 11.3 Å². The second-order valence-electron chi connectivity index (χ2n) is 9.59. The first-order valence-corrected chi connectivity index (χ1v) is 10.9. The Kier molecular flexibility index (Phi) is 4.66. The van der Waals surface area contributed by atoms with Gasteiger partial charge in [0.2, 0.25) is 5.91 Å². The first kappa shape index (κ1) is 18.4. The van der Waals surface area contributed by atoms with Gasteiger partial charge in [-0.05, 0) is 67.8 Å². The predicted octanol–water partition coefficient (Wildman–Crippen LogP) is 4.61. The number of aromatic nitrogens is 1. The van der Waals surface area contributed by atoms with Crippen LogP contribution >= 0.6 is 0 Å². The first-order valence-electron chi connectivity index (χ1n) is 10.9. The Bertz CT molecular complexity index is 961. The minimum atomic E-state index is 0.0522. The van der Waals surface area contributed by atoms with Gasteiger partial charge in [-0.25, -0.2) is 5.43 Å². The van der Waals surface area contributed by atoms with E-state index in [9.17, 15) is 4.79 Å². The van der Waals surface area contributed by atoms with Crippen molar-refractivity contribution in [2.24, 2.45) is 28.3 Å². The molecule has 4 fully saturated rings. The molecule has 6 rings (SSSR count). The maximum atomic E-state index is 12.7. The van der Waals surface area contributed by atoms with E-state index >= 15 is 0 Å². The lowest BCUT2D eigenvalue weighted by Gasteiger charge is -2.56. The molecule has 1 N–H and O–H groups in total. The molecule has 5 heteroatoms. The first-order chi connectivity index (χ1) is 14.1. The molecule has 0 saturated heterocycles. The molecule has 4 aliphatic carbocycles. The summed E-state index contributed by atoms with van der Waals surface area (Å²) in [5, 5.41) is 14.3. The molecule has 1 aromatic carbocycles. The summed E-state index contributed by atoms with van der Waals surface area (Å²) in [5.41, 5.74) is 5.08. The maximum absolute atomic E-state index is 12.7. The van der Waals surface area contributed by atoms with E-state index in [1.54, 1.807) is 6.21 Å². The third kappa shape index (κ3) is 3.57. The van der Waals surface area contributed by atoms with Gasteiger partial charge in [0.15, 0.2) is 0 Å². The smallest absolute Gasteiger partial charge is 0.240 e. The van der Waals surface area contributed by atoms with Gasteiger partial charge in [-0.2, -0.15) is 10.4 Å². The van der Waals surface area contributed by atoms with Crippen molar-refractivity contribution >= 4 is 23.0 Å². The summed E-state index contributed by atoms with van der Waals surface area (Å²) < 4.78 is 2.08. The Morgan fingerprint density at radius 2 is 1.90 bits per heavy atom. The Balaban J connectivity index is 1.26. The molecule has 5 nitrogen and oxygen atoms in total. The Hall–Kier alpha value is -2.61. The fraction of sp³-hybridized carbons (Fsp3) is 0.542. The lowest BCUT2D eigenvalue weighted by atomic mass is 9.49. The summed E-state index contributed by atoms with van der Waals surface area (Å²) in [6.07, 6.45) is 12.8. The fourth-order valence-corrected chi connectivity index (χ4v) is 6.79. The number of hydrogen-bond acceptors (Lipinski definition) is 3. The number of hydrazone groups is 1. The molecular weight excluding hydrogens is 360 g/mol. The number of amides is 1. The number of carbonyl (C=O) groups is 1. The van der Waals surface area contributed by atoms with Crippen molar-refractivity contribution in [1.82, 2.24) is 9.99 Å². The summed E-state index contributed by atoms with van der Waals surface area (Å²) in [7, 11) is 0. The van der Waals surface area contributed by atoms with Gasteiger partial charge in [0.25, 0.3) is 0 Å². The molecule has 1 heterocycles. The van der Waals surface area contributed by atoms with E-state index in [0.717, 1.165) is 34.2 Å². The molecule has 1 amide bonds. The van der Waals surface area contributed by atoms with Crippen molar-refractivity contribution < 1.29 is 4.79 Å². The molecule has 29 heavy (non-hydrogen) atoms. The summed E-state index contributed by atoms with van der Waals surface area (Å²) in [6, 6.07) is 10.3. The van der Waals surface area contributed by atoms with Crippen molar-refractivity contribution in [1.29, 1.82) is 5.26 Å². The van der Waals surface area contributed by atoms with Crippen LogP contribution in [-0.2, 0) is 11.3 Å². The molecule has 0 radical (unpaired) electrons. The molecule has 0 unspecified atom stereocenters. The van der Waals surface area contributed by atoms with Gasteiger partial charge in [-0.15, -0.1) is 0 Å². The predicted molar refractivity (Wildman–Crippen MR) is 113 cm³/mol. The third-order valence-corrected chi connectivity index (χ3v) is 7.38. The number of aryl methyl sites for hydroxylation is 1. The average molecular weight is 389 g/mol. The van der Waals surface area contributed by atoms with E-state index in [2.05, 4.69) is 33.3 Å². The number of rotatable bonds is 6. The number of para-hydroxylation sites is 1. The zero-order valence-corrected chi connectivity index (χ0v) is 16.8. The highest BCUT2D eigenvalue weighted by atomic mass is 16.2. The molecule has 4 saturated carbocycles. The minimum absolute atomic E-state index is 0.0522. The van der Waals surface area contributed by atoms with E-state index in [1.165, 1.54) is 38.5 Å². The van der Waals surface area contributed by atoms with Gasteiger partial charge in [0.05, 0.1) is 18.7 Å². The van der Waals surface area contributed by atoms with Crippen LogP contribution in [0.2, 0.25) is 0 Å². The van der Waals surface area contributed by atoms with Crippen LogP contribution in [0.3, 0.4) is 0 Å². The average Bonchev–Trinajstić information content (AvgIpc) is 3.03. The van der Waals surface area contributed by atoms with Gasteiger partial charge >= 0.3 is 0 Å². The van der Waals surface area contributed by atoms with E-state index < -0.39 is 0 Å². The number of fused-ring (bicyclic) bond motifs is 1. The largest absolute Gasteiger partial charge is 0.346 e. The molecule has 4 aliphatic rings. The molecule has 0 spiro atoms. The fourth-order valence-electron chi connectivity index (χ4n) is 6.79. The van der Waals surface area contributed by atoms with Crippen molar-refractivity contribution in [3.63, 3.8) is 0 Å². The van der Waals surface area contributed by atoms with Crippen molar-refractivity contribution in [2.75, 3.05) is 0 Å². The monoisotopic (exact) mass is 388 g/mol. The topological polar surface area (TPSA) is 70.2 Å². The second-order valence-corrected chi connectivity index (χ2v) is 9.59. The Labute approximate surface area is 171 Å². The van der Waals surface area contributed by atoms with E-state index in [4.69, 9.17) is 5.26 Å². The Morgan fingerprint density at radius 1 is 1.21 bits per heavy atom. The summed E-state index contributed by atoms with van der Waals surface area (Å²) in [6.45, 7) is 0.656. The van der Waals surface area contributed by atoms with Crippen LogP contribution in [0.15, 0.2) is 35.6 Å². The van der Waals surface area contributed by atoms with Crippen LogP contribution < -0.4 is 5.43 Å². The normalized spacial score (nSPS) is 30.1. The van der Waals surface area contributed by atoms with Crippen LogP contribution in [0.25, 0.3) is 10.9 Å². The van der Waals surface area contributed by atoms with E-state index in [0.29, 0.717) is 19.4 Å². The minimum Gasteiger partial charge on any atom is -0.346 e. The van der Waals surface area contributed by atoms with Crippen molar-refractivity contribution in [3.05, 3.63) is 36.0 Å². The van der Waals surface area contributed by atoms with Gasteiger partial charge < -0.3 is 4.57 Å². The quantitative estimate of drug-likeness (QED) is 0.580. The molecule has 2 aromatic rings. The molecule has 0 aliphatic heterocycles. The number of hydrogen-bond donors (Lipinski definition) is 1. The van der Waals surface area contributed by atoms with Crippen LogP contribution in [0.5, 0.6) is 0 Å². The highest BCUT2D eigenvalue weighted by Gasteiger charge is 2.51. The third-order valence-electron chi connectivity index (χ3n) is 7.38. The molecule has 1 aromatic heterocycles. The number of nitrogens with zero attached hydrogens (tertiary/aromatic N) is 3. The SMILES string of the molecule is N#CCCn1cc(/C=N\NC(=O)CC23CC4CC(CC(C4)C2)C3)c2ccccc21. The number of nitriles is 1. The van der Waals surface area contributed by atoms with Crippen LogP contribution in [0, 0.1) is 34.5 Å². The van der Waals surface area contributed by atoms with Crippen molar-refractivity contribution in [2.45, 2.75) is 57.9 Å². The maximum Gasteiger partial charge on any atom is 0.240 e. The lowest BCUT2D eigenvalue weighted by molar-refractivity contribution is -0.129. The Morgan fingerprint density at radius 3 is 2.59 bits per heavy atom. The number of carbonyl (C=O) groups excluding carboxylic acids is 1. The van der Waals surface area contributed by atoms with Gasteiger partial charge in [-0.3, -0.25) is 4.79 Å². The molecule has 150 valence electrons. The highest BCUT2D eigenvalue weighted by molar-refractivity contribution is 5.99. The molecule has 0 atom stereocenters. The van der Waals surface area contributed by atoms with Crippen LogP contribution in [-0.4, -0.2) is 16.7 Å². The second kappa shape index (κ2) is 7.33.